The minimum absolute atomic E-state index is 0.0356. The number of halogens is 4. The second-order valence-electron chi connectivity index (χ2n) is 3.81. The topological polar surface area (TPSA) is 54.0 Å². The molecule has 0 saturated heterocycles. The predicted molar refractivity (Wildman–Crippen MR) is 66.0 cm³/mol. The zero-order chi connectivity index (χ0) is 14.6. The van der Waals surface area contributed by atoms with Crippen molar-refractivity contribution in [3.63, 3.8) is 0 Å². The first-order valence-corrected chi connectivity index (χ1v) is 5.90. The van der Waals surface area contributed by atoms with Gasteiger partial charge in [-0.3, -0.25) is 4.79 Å². The molecule has 0 aliphatic carbocycles. The van der Waals surface area contributed by atoms with Crippen LogP contribution >= 0.6 is 11.6 Å². The van der Waals surface area contributed by atoms with Crippen molar-refractivity contribution in [2.75, 3.05) is 11.9 Å². The molecule has 0 aliphatic rings. The number of anilines is 1. The van der Waals surface area contributed by atoms with Crippen LogP contribution in [0.3, 0.4) is 0 Å². The van der Waals surface area contributed by atoms with Crippen molar-refractivity contribution in [1.82, 2.24) is 10.3 Å². The lowest BCUT2D eigenvalue weighted by atomic mass is 10.2. The maximum absolute atomic E-state index is 12.4. The lowest BCUT2D eigenvalue weighted by molar-refractivity contribution is -0.137. The first kappa shape index (κ1) is 15.6. The van der Waals surface area contributed by atoms with Crippen molar-refractivity contribution in [2.24, 2.45) is 0 Å². The summed E-state index contributed by atoms with van der Waals surface area (Å²) in [6.45, 7) is 3.77. The van der Waals surface area contributed by atoms with E-state index in [2.05, 4.69) is 15.6 Å². The van der Waals surface area contributed by atoms with E-state index in [4.69, 9.17) is 11.6 Å². The minimum Gasteiger partial charge on any atom is -0.357 e. The molecule has 0 unspecified atom stereocenters. The molecule has 106 valence electrons. The molecule has 1 atom stereocenters. The van der Waals surface area contributed by atoms with Crippen LogP contribution in [0.1, 0.15) is 19.4 Å². The van der Waals surface area contributed by atoms with E-state index in [1.165, 1.54) is 0 Å². The third kappa shape index (κ3) is 4.27. The SMILES string of the molecule is CCNC(=O)[C@H](C)Nc1ncc(C(F)(F)F)cc1Cl. The number of alkyl halides is 3. The number of hydrogen-bond donors (Lipinski definition) is 2. The normalized spacial score (nSPS) is 12.9. The zero-order valence-corrected chi connectivity index (χ0v) is 11.1. The van der Waals surface area contributed by atoms with Crippen LogP contribution in [-0.4, -0.2) is 23.5 Å². The second-order valence-corrected chi connectivity index (χ2v) is 4.22. The summed E-state index contributed by atoms with van der Waals surface area (Å²) in [5.74, 6) is -0.256. The van der Waals surface area contributed by atoms with Gasteiger partial charge in [-0.1, -0.05) is 11.6 Å². The highest BCUT2D eigenvalue weighted by molar-refractivity contribution is 6.33. The van der Waals surface area contributed by atoms with Gasteiger partial charge < -0.3 is 10.6 Å². The highest BCUT2D eigenvalue weighted by Crippen LogP contribution is 2.32. The van der Waals surface area contributed by atoms with Crippen molar-refractivity contribution in [3.05, 3.63) is 22.8 Å². The summed E-state index contributed by atoms with van der Waals surface area (Å²) in [5, 5.41) is 5.03. The summed E-state index contributed by atoms with van der Waals surface area (Å²) in [5.41, 5.74) is -0.936. The number of amides is 1. The Morgan fingerprint density at radius 2 is 2.16 bits per heavy atom. The molecular formula is C11H13ClF3N3O. The average Bonchev–Trinajstić information content (AvgIpc) is 2.30. The van der Waals surface area contributed by atoms with Gasteiger partial charge in [0.15, 0.2) is 0 Å². The average molecular weight is 296 g/mol. The molecule has 1 aromatic heterocycles. The standard InChI is InChI=1S/C11H13ClF3N3O/c1-3-16-10(19)6(2)18-9-8(12)4-7(5-17-9)11(13,14)15/h4-6H,3H2,1-2H3,(H,16,19)(H,17,18)/t6-/m0/s1. The maximum Gasteiger partial charge on any atom is 0.417 e. The lowest BCUT2D eigenvalue weighted by Crippen LogP contribution is -2.37. The summed E-state index contributed by atoms with van der Waals surface area (Å²) in [4.78, 5) is 15.0. The van der Waals surface area contributed by atoms with Gasteiger partial charge >= 0.3 is 6.18 Å². The fraction of sp³-hybridized carbons (Fsp3) is 0.455. The van der Waals surface area contributed by atoms with Crippen LogP contribution in [0.4, 0.5) is 19.0 Å². The predicted octanol–water partition coefficient (Wildman–Crippen LogP) is 2.69. The molecule has 0 radical (unpaired) electrons. The van der Waals surface area contributed by atoms with Gasteiger partial charge in [-0.25, -0.2) is 4.98 Å². The summed E-state index contributed by atoms with van der Waals surface area (Å²) in [7, 11) is 0. The van der Waals surface area contributed by atoms with Gasteiger partial charge in [0.1, 0.15) is 11.9 Å². The van der Waals surface area contributed by atoms with E-state index in [1.54, 1.807) is 13.8 Å². The van der Waals surface area contributed by atoms with E-state index in [-0.39, 0.29) is 16.7 Å². The molecule has 0 bridgehead atoms. The number of pyridine rings is 1. The molecule has 0 spiro atoms. The van der Waals surface area contributed by atoms with Gasteiger partial charge in [0.25, 0.3) is 0 Å². The van der Waals surface area contributed by atoms with E-state index >= 15 is 0 Å². The van der Waals surface area contributed by atoms with E-state index in [0.29, 0.717) is 12.7 Å². The lowest BCUT2D eigenvalue weighted by Gasteiger charge is -2.15. The smallest absolute Gasteiger partial charge is 0.357 e. The quantitative estimate of drug-likeness (QED) is 0.898. The Morgan fingerprint density at radius 1 is 1.53 bits per heavy atom. The number of nitrogens with zero attached hydrogens (tertiary/aromatic N) is 1. The molecule has 4 nitrogen and oxygen atoms in total. The Hall–Kier alpha value is -1.50. The van der Waals surface area contributed by atoms with Crippen molar-refractivity contribution < 1.29 is 18.0 Å². The van der Waals surface area contributed by atoms with Crippen LogP contribution in [0.2, 0.25) is 5.02 Å². The minimum atomic E-state index is -4.50. The Morgan fingerprint density at radius 3 is 2.63 bits per heavy atom. The number of carbonyl (C=O) groups is 1. The van der Waals surface area contributed by atoms with Crippen LogP contribution in [0.25, 0.3) is 0 Å². The molecule has 0 aliphatic heterocycles. The third-order valence-electron chi connectivity index (χ3n) is 2.27. The fourth-order valence-corrected chi connectivity index (χ4v) is 1.52. The second kappa shape index (κ2) is 6.10. The van der Waals surface area contributed by atoms with Crippen LogP contribution in [0, 0.1) is 0 Å². The van der Waals surface area contributed by atoms with Gasteiger partial charge in [-0.15, -0.1) is 0 Å². The van der Waals surface area contributed by atoms with Crippen LogP contribution < -0.4 is 10.6 Å². The number of rotatable bonds is 4. The largest absolute Gasteiger partial charge is 0.417 e. The van der Waals surface area contributed by atoms with Gasteiger partial charge in [-0.2, -0.15) is 13.2 Å². The number of carbonyl (C=O) groups excluding carboxylic acids is 1. The molecule has 2 N–H and O–H groups in total. The van der Waals surface area contributed by atoms with E-state index in [9.17, 15) is 18.0 Å². The van der Waals surface area contributed by atoms with Crippen molar-refractivity contribution in [3.8, 4) is 0 Å². The fourth-order valence-electron chi connectivity index (χ4n) is 1.30. The third-order valence-corrected chi connectivity index (χ3v) is 2.55. The van der Waals surface area contributed by atoms with Crippen LogP contribution in [0.5, 0.6) is 0 Å². The maximum atomic E-state index is 12.4. The number of likely N-dealkylation sites (N-methyl/N-ethyl adjacent to an activating group) is 1. The number of aromatic nitrogens is 1. The molecule has 1 heterocycles. The summed E-state index contributed by atoms with van der Waals surface area (Å²) >= 11 is 5.70. The molecule has 0 fully saturated rings. The molecule has 8 heteroatoms. The van der Waals surface area contributed by atoms with Crippen LogP contribution in [-0.2, 0) is 11.0 Å². The van der Waals surface area contributed by atoms with Crippen molar-refractivity contribution >= 4 is 23.3 Å². The Balaban J connectivity index is 2.83. The molecule has 0 aromatic carbocycles. The molecule has 19 heavy (non-hydrogen) atoms. The molecular weight excluding hydrogens is 283 g/mol. The Kier molecular flexibility index (Phi) is 4.99. The summed E-state index contributed by atoms with van der Waals surface area (Å²) < 4.78 is 37.2. The highest BCUT2D eigenvalue weighted by Gasteiger charge is 2.31. The first-order valence-electron chi connectivity index (χ1n) is 5.52. The van der Waals surface area contributed by atoms with Crippen molar-refractivity contribution in [2.45, 2.75) is 26.1 Å². The number of hydrogen-bond acceptors (Lipinski definition) is 3. The van der Waals surface area contributed by atoms with E-state index in [0.717, 1.165) is 6.07 Å². The Labute approximate surface area is 113 Å². The van der Waals surface area contributed by atoms with Gasteiger partial charge in [0.2, 0.25) is 5.91 Å². The molecule has 1 aromatic rings. The Bertz CT molecular complexity index is 465. The molecule has 1 amide bonds. The first-order chi connectivity index (χ1) is 8.75. The zero-order valence-electron chi connectivity index (χ0n) is 10.3. The van der Waals surface area contributed by atoms with Crippen molar-refractivity contribution in [1.29, 1.82) is 0 Å². The highest BCUT2D eigenvalue weighted by atomic mass is 35.5. The van der Waals surface area contributed by atoms with Gasteiger partial charge in [-0.05, 0) is 19.9 Å². The summed E-state index contributed by atoms with van der Waals surface area (Å²) in [6.07, 6.45) is -3.83. The molecule has 1 rings (SSSR count). The molecule has 0 saturated carbocycles. The van der Waals surface area contributed by atoms with Gasteiger partial charge in [0, 0.05) is 12.7 Å². The van der Waals surface area contributed by atoms with E-state index in [1.807, 2.05) is 0 Å². The number of nitrogens with one attached hydrogen (secondary N) is 2. The van der Waals surface area contributed by atoms with E-state index < -0.39 is 17.8 Å². The monoisotopic (exact) mass is 295 g/mol. The summed E-state index contributed by atoms with van der Waals surface area (Å²) in [6, 6.07) is 0.114. The van der Waals surface area contributed by atoms with Gasteiger partial charge in [0.05, 0.1) is 10.6 Å². The van der Waals surface area contributed by atoms with Crippen LogP contribution in [0.15, 0.2) is 12.3 Å².